The van der Waals surface area contributed by atoms with Crippen molar-refractivity contribution in [3.05, 3.63) is 54.1 Å². The zero-order chi connectivity index (χ0) is 19.9. The van der Waals surface area contributed by atoms with Gasteiger partial charge >= 0.3 is 0 Å². The highest BCUT2D eigenvalue weighted by Gasteiger charge is 2.33. The van der Waals surface area contributed by atoms with Gasteiger partial charge in [0.05, 0.1) is 12.2 Å². The smallest absolute Gasteiger partial charge is 0.224 e. The van der Waals surface area contributed by atoms with Gasteiger partial charge < -0.3 is 10.1 Å². The van der Waals surface area contributed by atoms with E-state index in [1.165, 1.54) is 5.56 Å². The van der Waals surface area contributed by atoms with Crippen LogP contribution in [0.5, 0.6) is 5.75 Å². The SMILES string of the molecule is CC(C)Oc1cccc(-c2ccccc2C2CCCCC2C(=O)NCC#N)c1. The van der Waals surface area contributed by atoms with E-state index in [9.17, 15) is 4.79 Å². The number of benzene rings is 2. The Morgan fingerprint density at radius 3 is 2.75 bits per heavy atom. The molecule has 0 spiro atoms. The first-order valence-electron chi connectivity index (χ1n) is 10.1. The second-order valence-corrected chi connectivity index (χ2v) is 7.66. The molecule has 2 atom stereocenters. The highest BCUT2D eigenvalue weighted by molar-refractivity contribution is 5.81. The molecule has 1 amide bonds. The summed E-state index contributed by atoms with van der Waals surface area (Å²) in [6.45, 7) is 4.11. The third kappa shape index (κ3) is 4.72. The fraction of sp³-hybridized carbons (Fsp3) is 0.417. The Labute approximate surface area is 167 Å². The third-order valence-electron chi connectivity index (χ3n) is 5.32. The van der Waals surface area contributed by atoms with Gasteiger partial charge in [-0.3, -0.25) is 4.79 Å². The molecule has 1 N–H and O–H groups in total. The zero-order valence-electron chi connectivity index (χ0n) is 16.7. The van der Waals surface area contributed by atoms with Crippen molar-refractivity contribution in [1.29, 1.82) is 5.26 Å². The molecule has 3 rings (SSSR count). The summed E-state index contributed by atoms with van der Waals surface area (Å²) in [7, 11) is 0. The number of hydrogen-bond donors (Lipinski definition) is 1. The second-order valence-electron chi connectivity index (χ2n) is 7.66. The Morgan fingerprint density at radius 1 is 1.18 bits per heavy atom. The molecule has 28 heavy (non-hydrogen) atoms. The monoisotopic (exact) mass is 376 g/mol. The fourth-order valence-corrected chi connectivity index (χ4v) is 4.17. The summed E-state index contributed by atoms with van der Waals surface area (Å²) in [5.41, 5.74) is 3.47. The number of amides is 1. The Balaban J connectivity index is 1.95. The quantitative estimate of drug-likeness (QED) is 0.717. The minimum absolute atomic E-state index is 0.00190. The lowest BCUT2D eigenvalue weighted by Gasteiger charge is -2.32. The molecule has 1 aliphatic carbocycles. The predicted octanol–water partition coefficient (Wildman–Crippen LogP) is 5.05. The van der Waals surface area contributed by atoms with Crippen LogP contribution in [0.25, 0.3) is 11.1 Å². The maximum atomic E-state index is 12.7. The maximum Gasteiger partial charge on any atom is 0.224 e. The van der Waals surface area contributed by atoms with Gasteiger partial charge in [-0.25, -0.2) is 0 Å². The number of nitriles is 1. The molecule has 1 aliphatic rings. The van der Waals surface area contributed by atoms with Crippen LogP contribution < -0.4 is 10.1 Å². The number of rotatable bonds is 6. The number of nitrogens with zero attached hydrogens (tertiary/aromatic N) is 1. The summed E-state index contributed by atoms with van der Waals surface area (Å²) < 4.78 is 5.87. The van der Waals surface area contributed by atoms with Gasteiger partial charge in [0.25, 0.3) is 0 Å². The van der Waals surface area contributed by atoms with E-state index in [4.69, 9.17) is 10.00 Å². The van der Waals surface area contributed by atoms with E-state index in [2.05, 4.69) is 29.6 Å². The average molecular weight is 377 g/mol. The summed E-state index contributed by atoms with van der Waals surface area (Å²) >= 11 is 0. The van der Waals surface area contributed by atoms with Crippen LogP contribution >= 0.6 is 0 Å². The van der Waals surface area contributed by atoms with Crippen LogP contribution in [0.1, 0.15) is 51.0 Å². The fourth-order valence-electron chi connectivity index (χ4n) is 4.17. The first kappa shape index (κ1) is 19.9. The topological polar surface area (TPSA) is 62.1 Å². The summed E-state index contributed by atoms with van der Waals surface area (Å²) in [5, 5.41) is 11.6. The Morgan fingerprint density at radius 2 is 1.96 bits per heavy atom. The van der Waals surface area contributed by atoms with E-state index in [1.54, 1.807) is 0 Å². The van der Waals surface area contributed by atoms with E-state index in [0.29, 0.717) is 0 Å². The van der Waals surface area contributed by atoms with Crippen molar-refractivity contribution in [2.75, 3.05) is 6.54 Å². The van der Waals surface area contributed by atoms with E-state index in [0.717, 1.165) is 42.6 Å². The maximum absolute atomic E-state index is 12.7. The van der Waals surface area contributed by atoms with Gasteiger partial charge in [0, 0.05) is 5.92 Å². The van der Waals surface area contributed by atoms with Crippen LogP contribution in [0.3, 0.4) is 0 Å². The van der Waals surface area contributed by atoms with Crippen molar-refractivity contribution in [3.8, 4) is 22.9 Å². The van der Waals surface area contributed by atoms with Crippen LogP contribution in [0.15, 0.2) is 48.5 Å². The second kappa shape index (κ2) is 9.41. The molecule has 146 valence electrons. The molecule has 4 heteroatoms. The lowest BCUT2D eigenvalue weighted by atomic mass is 9.73. The van der Waals surface area contributed by atoms with Crippen LogP contribution in [0.4, 0.5) is 0 Å². The van der Waals surface area contributed by atoms with Crippen molar-refractivity contribution in [3.63, 3.8) is 0 Å². The Bertz CT molecular complexity index is 854. The van der Waals surface area contributed by atoms with Crippen molar-refractivity contribution in [1.82, 2.24) is 5.32 Å². The van der Waals surface area contributed by atoms with Crippen molar-refractivity contribution in [2.45, 2.75) is 51.6 Å². The van der Waals surface area contributed by atoms with Crippen molar-refractivity contribution in [2.24, 2.45) is 5.92 Å². The molecule has 0 radical (unpaired) electrons. The standard InChI is InChI=1S/C24H28N2O2/c1-17(2)28-19-9-7-8-18(16-19)20-10-3-4-11-21(20)22-12-5-6-13-23(22)24(27)26-15-14-25/h3-4,7-11,16-17,22-23H,5-6,12-13,15H2,1-2H3,(H,26,27). The molecular formula is C24H28N2O2. The summed E-state index contributed by atoms with van der Waals surface area (Å²) in [6.07, 6.45) is 4.16. The largest absolute Gasteiger partial charge is 0.491 e. The van der Waals surface area contributed by atoms with Crippen LogP contribution in [0.2, 0.25) is 0 Å². The molecule has 0 saturated heterocycles. The molecule has 2 unspecified atom stereocenters. The number of ether oxygens (including phenoxy) is 1. The summed E-state index contributed by atoms with van der Waals surface area (Å²) in [6, 6.07) is 18.5. The number of nitrogens with one attached hydrogen (secondary N) is 1. The zero-order valence-corrected chi connectivity index (χ0v) is 16.7. The van der Waals surface area contributed by atoms with Gasteiger partial charge in [0.15, 0.2) is 0 Å². The Kier molecular flexibility index (Phi) is 6.71. The van der Waals surface area contributed by atoms with E-state index < -0.39 is 0 Å². The molecule has 4 nitrogen and oxygen atoms in total. The molecule has 1 fully saturated rings. The molecule has 0 aliphatic heterocycles. The van der Waals surface area contributed by atoms with Gasteiger partial charge in [-0.2, -0.15) is 5.26 Å². The number of hydrogen-bond acceptors (Lipinski definition) is 3. The molecular weight excluding hydrogens is 348 g/mol. The van der Waals surface area contributed by atoms with Gasteiger partial charge in [-0.15, -0.1) is 0 Å². The average Bonchev–Trinajstić information content (AvgIpc) is 2.71. The van der Waals surface area contributed by atoms with E-state index >= 15 is 0 Å². The number of carbonyl (C=O) groups is 1. The number of carbonyl (C=O) groups excluding carboxylic acids is 1. The summed E-state index contributed by atoms with van der Waals surface area (Å²) in [4.78, 5) is 12.7. The summed E-state index contributed by atoms with van der Waals surface area (Å²) in [5.74, 6) is 0.934. The molecule has 2 aromatic rings. The van der Waals surface area contributed by atoms with Gasteiger partial charge in [-0.05, 0) is 61.4 Å². The molecule has 0 heterocycles. The lowest BCUT2D eigenvalue weighted by Crippen LogP contribution is -2.36. The van der Waals surface area contributed by atoms with Gasteiger partial charge in [-0.1, -0.05) is 49.2 Å². The lowest BCUT2D eigenvalue weighted by molar-refractivity contribution is -0.126. The third-order valence-corrected chi connectivity index (χ3v) is 5.32. The van der Waals surface area contributed by atoms with Crippen LogP contribution in [-0.2, 0) is 4.79 Å². The van der Waals surface area contributed by atoms with Crippen LogP contribution in [-0.4, -0.2) is 18.6 Å². The predicted molar refractivity (Wildman–Crippen MR) is 111 cm³/mol. The van der Waals surface area contributed by atoms with E-state index in [-0.39, 0.29) is 30.4 Å². The molecule has 2 aromatic carbocycles. The minimum atomic E-state index is -0.0849. The highest BCUT2D eigenvalue weighted by atomic mass is 16.5. The molecule has 0 aromatic heterocycles. The van der Waals surface area contributed by atoms with E-state index in [1.807, 2.05) is 44.2 Å². The minimum Gasteiger partial charge on any atom is -0.491 e. The first-order valence-corrected chi connectivity index (χ1v) is 10.1. The van der Waals surface area contributed by atoms with Crippen molar-refractivity contribution < 1.29 is 9.53 Å². The van der Waals surface area contributed by atoms with Crippen LogP contribution in [0, 0.1) is 17.2 Å². The first-order chi connectivity index (χ1) is 13.6. The highest BCUT2D eigenvalue weighted by Crippen LogP contribution is 2.42. The normalized spacial score (nSPS) is 19.1. The van der Waals surface area contributed by atoms with Gasteiger partial charge in [0.2, 0.25) is 5.91 Å². The Hall–Kier alpha value is -2.80. The van der Waals surface area contributed by atoms with Crippen molar-refractivity contribution >= 4 is 5.91 Å². The molecule has 1 saturated carbocycles. The van der Waals surface area contributed by atoms with Gasteiger partial charge in [0.1, 0.15) is 12.3 Å². The molecule has 0 bridgehead atoms.